The molecule has 0 aliphatic rings. The van der Waals surface area contributed by atoms with Gasteiger partial charge >= 0.3 is 0 Å². The van der Waals surface area contributed by atoms with E-state index in [2.05, 4.69) is 6.26 Å². The monoisotopic (exact) mass is 91.0 g/mol. The third kappa shape index (κ3) is 4.31. The Hall–Kier alpha value is 0.310. The van der Waals surface area contributed by atoms with E-state index in [0.29, 0.717) is 0 Å². The van der Waals surface area contributed by atoms with Gasteiger partial charge in [0.05, 0.1) is 5.44 Å². The van der Waals surface area contributed by atoms with E-state index in [0.717, 1.165) is 0 Å². The fourth-order valence-corrected chi connectivity index (χ4v) is 0. The Labute approximate surface area is 36.4 Å². The van der Waals surface area contributed by atoms with Gasteiger partial charge in [0, 0.05) is 6.26 Å². The summed E-state index contributed by atoms with van der Waals surface area (Å²) in [6.45, 7) is 1.68. The first-order valence-electron chi connectivity index (χ1n) is 1.36. The maximum atomic E-state index is 8.26. The highest BCUT2D eigenvalue weighted by molar-refractivity contribution is 8.00. The lowest BCUT2D eigenvalue weighted by atomic mass is 10.9. The van der Waals surface area contributed by atoms with Crippen LogP contribution in [0.5, 0.6) is 0 Å². The summed E-state index contributed by atoms with van der Waals surface area (Å²) >= 11 is 1.19. The van der Waals surface area contributed by atoms with Crippen molar-refractivity contribution in [3.05, 3.63) is 6.26 Å². The van der Waals surface area contributed by atoms with Crippen LogP contribution in [0.25, 0.3) is 0 Å². The lowest BCUT2D eigenvalue weighted by Gasteiger charge is -1.90. The Balaban J connectivity index is 2.54. The molecule has 0 bridgehead atoms. The smallest absolute Gasteiger partial charge is 0.0964 e. The maximum Gasteiger partial charge on any atom is 0.0964 e. The summed E-state index contributed by atoms with van der Waals surface area (Å²) < 4.78 is 0. The highest BCUT2D eigenvalue weighted by atomic mass is 32.2. The van der Waals surface area contributed by atoms with Gasteiger partial charge in [0.25, 0.3) is 0 Å². The lowest BCUT2D eigenvalue weighted by Crippen LogP contribution is -1.85. The molecule has 0 aliphatic carbocycles. The first-order chi connectivity index (χ1) is 2.27. The molecule has 1 unspecified atom stereocenters. The van der Waals surface area contributed by atoms with E-state index < -0.39 is 0 Å². The number of rotatable bonds is 1. The molecule has 0 rings (SSSR count). The van der Waals surface area contributed by atoms with E-state index in [9.17, 15) is 0 Å². The first kappa shape index (κ1) is 5.31. The minimum atomic E-state index is -0.310. The molecular formula is C3H7OS. The number of aliphatic hydroxyl groups excluding tert-OH is 1. The van der Waals surface area contributed by atoms with Gasteiger partial charge in [-0.05, 0) is 6.92 Å². The van der Waals surface area contributed by atoms with Crippen LogP contribution in [0.3, 0.4) is 0 Å². The van der Waals surface area contributed by atoms with Gasteiger partial charge in [0.15, 0.2) is 0 Å². The zero-order chi connectivity index (χ0) is 4.28. The van der Waals surface area contributed by atoms with Gasteiger partial charge in [-0.2, -0.15) is 0 Å². The number of hydrogen-bond acceptors (Lipinski definition) is 2. The van der Waals surface area contributed by atoms with Crippen molar-refractivity contribution < 1.29 is 5.11 Å². The molecule has 0 amide bonds. The molecule has 0 aromatic carbocycles. The maximum absolute atomic E-state index is 8.26. The Kier molecular flexibility index (Phi) is 2.70. The summed E-state index contributed by atoms with van der Waals surface area (Å²) in [6, 6.07) is 0. The van der Waals surface area contributed by atoms with Crippen molar-refractivity contribution in [3.8, 4) is 0 Å². The van der Waals surface area contributed by atoms with Crippen molar-refractivity contribution in [3.63, 3.8) is 0 Å². The minimum Gasteiger partial charge on any atom is -0.383 e. The predicted molar refractivity (Wildman–Crippen MR) is 24.6 cm³/mol. The van der Waals surface area contributed by atoms with E-state index >= 15 is 0 Å². The highest BCUT2D eigenvalue weighted by Gasteiger charge is 1.82. The van der Waals surface area contributed by atoms with Crippen molar-refractivity contribution >= 4 is 11.8 Å². The molecule has 31 valence electrons. The van der Waals surface area contributed by atoms with E-state index in [1.165, 1.54) is 11.8 Å². The molecule has 0 spiro atoms. The molecule has 2 heteroatoms. The van der Waals surface area contributed by atoms with E-state index in [4.69, 9.17) is 5.11 Å². The van der Waals surface area contributed by atoms with Crippen LogP contribution in [0, 0.1) is 6.26 Å². The topological polar surface area (TPSA) is 20.2 Å². The van der Waals surface area contributed by atoms with Gasteiger partial charge < -0.3 is 5.11 Å². The second kappa shape index (κ2) is 2.54. The number of hydrogen-bond donors (Lipinski definition) is 1. The first-order valence-corrected chi connectivity index (χ1v) is 2.41. The molecule has 1 atom stereocenters. The summed E-state index contributed by atoms with van der Waals surface area (Å²) in [5.41, 5.74) is -0.310. The Bertz CT molecular complexity index is 20.9. The molecule has 1 N–H and O–H groups in total. The van der Waals surface area contributed by atoms with Gasteiger partial charge in [-0.3, -0.25) is 0 Å². The molecule has 0 aliphatic heterocycles. The normalized spacial score (nSPS) is 15.0. The van der Waals surface area contributed by atoms with Crippen molar-refractivity contribution in [2.24, 2.45) is 0 Å². The second-order valence-electron chi connectivity index (χ2n) is 0.766. The van der Waals surface area contributed by atoms with Gasteiger partial charge in [-0.25, -0.2) is 0 Å². The van der Waals surface area contributed by atoms with Crippen LogP contribution in [0.4, 0.5) is 0 Å². The molecule has 0 aromatic rings. The zero-order valence-corrected chi connectivity index (χ0v) is 3.96. The third-order valence-electron chi connectivity index (χ3n) is 0.241. The van der Waals surface area contributed by atoms with Crippen LogP contribution in [0.15, 0.2) is 0 Å². The van der Waals surface area contributed by atoms with Crippen LogP contribution in [0.1, 0.15) is 6.92 Å². The fraction of sp³-hybridized carbons (Fsp3) is 0.667. The number of aliphatic hydroxyl groups is 1. The summed E-state index contributed by atoms with van der Waals surface area (Å²) in [6.07, 6.45) is 3.35. The lowest BCUT2D eigenvalue weighted by molar-refractivity contribution is 0.285. The van der Waals surface area contributed by atoms with E-state index in [-0.39, 0.29) is 5.44 Å². The van der Waals surface area contributed by atoms with E-state index in [1.54, 1.807) is 6.92 Å². The molecule has 5 heavy (non-hydrogen) atoms. The molecule has 0 saturated heterocycles. The minimum absolute atomic E-state index is 0.310. The highest BCUT2D eigenvalue weighted by Crippen LogP contribution is 1.99. The summed E-state index contributed by atoms with van der Waals surface area (Å²) in [4.78, 5) is 0. The average Bonchev–Trinajstić information content (AvgIpc) is 1.38. The largest absolute Gasteiger partial charge is 0.383 e. The molecule has 0 saturated carbocycles. The van der Waals surface area contributed by atoms with Crippen LogP contribution >= 0.6 is 11.8 Å². The molecule has 0 heterocycles. The van der Waals surface area contributed by atoms with Gasteiger partial charge in [-0.15, -0.1) is 11.8 Å². The zero-order valence-electron chi connectivity index (χ0n) is 3.14. The van der Waals surface area contributed by atoms with Crippen molar-refractivity contribution in [2.45, 2.75) is 12.4 Å². The van der Waals surface area contributed by atoms with Crippen LogP contribution in [0.2, 0.25) is 0 Å². The van der Waals surface area contributed by atoms with Crippen LogP contribution < -0.4 is 0 Å². The Morgan fingerprint density at radius 3 is 2.20 bits per heavy atom. The molecular weight excluding hydrogens is 84.1 g/mol. The molecule has 1 nitrogen and oxygen atoms in total. The summed E-state index contributed by atoms with van der Waals surface area (Å²) in [5, 5.41) is 8.26. The molecule has 0 aromatic heterocycles. The Morgan fingerprint density at radius 2 is 2.20 bits per heavy atom. The quantitative estimate of drug-likeness (QED) is 0.483. The van der Waals surface area contributed by atoms with Crippen molar-refractivity contribution in [1.29, 1.82) is 0 Å². The molecule has 0 fully saturated rings. The summed E-state index contributed by atoms with van der Waals surface area (Å²) in [5.74, 6) is 0. The van der Waals surface area contributed by atoms with Gasteiger partial charge in [-0.1, -0.05) is 0 Å². The van der Waals surface area contributed by atoms with Gasteiger partial charge in [0.1, 0.15) is 0 Å². The van der Waals surface area contributed by atoms with Crippen LogP contribution in [-0.4, -0.2) is 10.5 Å². The SMILES string of the molecule is [CH2]SC(C)O. The van der Waals surface area contributed by atoms with Crippen molar-refractivity contribution in [1.82, 2.24) is 0 Å². The average molecular weight is 91.2 g/mol. The predicted octanol–water partition coefficient (Wildman–Crippen LogP) is 0.849. The summed E-state index contributed by atoms with van der Waals surface area (Å²) in [7, 11) is 0. The fourth-order valence-electron chi connectivity index (χ4n) is 0. The third-order valence-corrected chi connectivity index (χ3v) is 0.724. The van der Waals surface area contributed by atoms with Crippen LogP contribution in [-0.2, 0) is 0 Å². The van der Waals surface area contributed by atoms with E-state index in [1.807, 2.05) is 0 Å². The Morgan fingerprint density at radius 1 is 2.00 bits per heavy atom. The van der Waals surface area contributed by atoms with Crippen molar-refractivity contribution in [2.75, 3.05) is 0 Å². The number of thioether (sulfide) groups is 1. The second-order valence-corrected chi connectivity index (χ2v) is 1.78. The standard InChI is InChI=1S/C3H7OS/c1-3(4)5-2/h3-4H,2H2,1H3. The molecule has 1 radical (unpaired) electrons. The van der Waals surface area contributed by atoms with Gasteiger partial charge in [0.2, 0.25) is 0 Å².